The summed E-state index contributed by atoms with van der Waals surface area (Å²) in [5, 5.41) is 2.98. The number of anilines is 1. The van der Waals surface area contributed by atoms with Gasteiger partial charge in [-0.2, -0.15) is 0 Å². The number of hydrogen-bond donors (Lipinski definition) is 1. The standard InChI is InChI=1S/C21H24N2O2/c1-15-6-8-19(9-7-15)22-20(24)17-10-12-23(13-11-17)21(25)18-5-3-4-16(2)14-18/h3-9,14,17H,10-13H2,1-2H3,(H,22,24). The van der Waals surface area contributed by atoms with E-state index in [2.05, 4.69) is 5.32 Å². The number of benzene rings is 2. The van der Waals surface area contributed by atoms with Gasteiger partial charge in [-0.1, -0.05) is 35.4 Å². The number of hydrogen-bond acceptors (Lipinski definition) is 2. The molecule has 0 radical (unpaired) electrons. The van der Waals surface area contributed by atoms with Gasteiger partial charge in [-0.3, -0.25) is 9.59 Å². The van der Waals surface area contributed by atoms with E-state index in [1.54, 1.807) is 0 Å². The van der Waals surface area contributed by atoms with E-state index >= 15 is 0 Å². The zero-order chi connectivity index (χ0) is 17.8. The molecule has 1 heterocycles. The van der Waals surface area contributed by atoms with Crippen LogP contribution in [0.4, 0.5) is 5.69 Å². The molecule has 1 saturated heterocycles. The Bertz CT molecular complexity index is 760. The van der Waals surface area contributed by atoms with Gasteiger partial charge in [0.05, 0.1) is 0 Å². The molecule has 0 aromatic heterocycles. The van der Waals surface area contributed by atoms with Crippen molar-refractivity contribution < 1.29 is 9.59 Å². The van der Waals surface area contributed by atoms with Crippen LogP contribution in [-0.2, 0) is 4.79 Å². The minimum absolute atomic E-state index is 0.0390. The first-order valence-electron chi connectivity index (χ1n) is 8.76. The Balaban J connectivity index is 1.55. The van der Waals surface area contributed by atoms with Crippen molar-refractivity contribution in [1.29, 1.82) is 0 Å². The molecular formula is C21H24N2O2. The van der Waals surface area contributed by atoms with Gasteiger partial charge in [0, 0.05) is 30.3 Å². The van der Waals surface area contributed by atoms with Crippen LogP contribution in [0.3, 0.4) is 0 Å². The minimum Gasteiger partial charge on any atom is -0.339 e. The average molecular weight is 336 g/mol. The maximum Gasteiger partial charge on any atom is 0.253 e. The molecule has 4 heteroatoms. The van der Waals surface area contributed by atoms with Crippen molar-refractivity contribution in [2.24, 2.45) is 5.92 Å². The lowest BCUT2D eigenvalue weighted by atomic mass is 9.95. The third-order valence-electron chi connectivity index (χ3n) is 4.74. The summed E-state index contributed by atoms with van der Waals surface area (Å²) in [6.45, 7) is 5.25. The molecule has 25 heavy (non-hydrogen) atoms. The third-order valence-corrected chi connectivity index (χ3v) is 4.74. The van der Waals surface area contributed by atoms with Crippen LogP contribution in [0.5, 0.6) is 0 Å². The Morgan fingerprint density at radius 2 is 1.64 bits per heavy atom. The second kappa shape index (κ2) is 7.51. The summed E-state index contributed by atoms with van der Waals surface area (Å²) >= 11 is 0. The average Bonchev–Trinajstić information content (AvgIpc) is 2.63. The SMILES string of the molecule is Cc1ccc(NC(=O)C2CCN(C(=O)c3cccc(C)c3)CC2)cc1. The van der Waals surface area contributed by atoms with E-state index < -0.39 is 0 Å². The van der Waals surface area contributed by atoms with E-state index in [0.717, 1.165) is 16.8 Å². The van der Waals surface area contributed by atoms with Crippen LogP contribution >= 0.6 is 0 Å². The molecule has 2 aromatic rings. The van der Waals surface area contributed by atoms with Gasteiger partial charge in [0.2, 0.25) is 5.91 Å². The van der Waals surface area contributed by atoms with Gasteiger partial charge in [-0.05, 0) is 51.0 Å². The molecule has 3 rings (SSSR count). The molecule has 130 valence electrons. The van der Waals surface area contributed by atoms with E-state index in [0.29, 0.717) is 25.9 Å². The number of carbonyl (C=O) groups is 2. The van der Waals surface area contributed by atoms with Crippen molar-refractivity contribution in [2.75, 3.05) is 18.4 Å². The predicted octanol–water partition coefficient (Wildman–Crippen LogP) is 3.79. The molecule has 4 nitrogen and oxygen atoms in total. The van der Waals surface area contributed by atoms with E-state index in [9.17, 15) is 9.59 Å². The number of nitrogens with zero attached hydrogens (tertiary/aromatic N) is 1. The molecule has 0 bridgehead atoms. The fourth-order valence-electron chi connectivity index (χ4n) is 3.19. The van der Waals surface area contributed by atoms with Gasteiger partial charge < -0.3 is 10.2 Å². The molecule has 0 saturated carbocycles. The van der Waals surface area contributed by atoms with Gasteiger partial charge >= 0.3 is 0 Å². The van der Waals surface area contributed by atoms with Gasteiger partial charge in [-0.25, -0.2) is 0 Å². The Labute approximate surface area is 148 Å². The van der Waals surface area contributed by atoms with Crippen molar-refractivity contribution in [2.45, 2.75) is 26.7 Å². The van der Waals surface area contributed by atoms with Gasteiger partial charge in [0.25, 0.3) is 5.91 Å². The largest absolute Gasteiger partial charge is 0.339 e. The van der Waals surface area contributed by atoms with Crippen molar-refractivity contribution >= 4 is 17.5 Å². The molecule has 2 amide bonds. The molecule has 1 aliphatic rings. The Morgan fingerprint density at radius 1 is 0.960 bits per heavy atom. The summed E-state index contributed by atoms with van der Waals surface area (Å²) in [5.41, 5.74) is 3.80. The topological polar surface area (TPSA) is 49.4 Å². The molecule has 1 aliphatic heterocycles. The lowest BCUT2D eigenvalue weighted by molar-refractivity contribution is -0.121. The second-order valence-corrected chi connectivity index (χ2v) is 6.79. The molecule has 0 aliphatic carbocycles. The predicted molar refractivity (Wildman–Crippen MR) is 99.6 cm³/mol. The van der Waals surface area contributed by atoms with Gasteiger partial charge in [-0.15, -0.1) is 0 Å². The zero-order valence-corrected chi connectivity index (χ0v) is 14.8. The fourth-order valence-corrected chi connectivity index (χ4v) is 3.19. The van der Waals surface area contributed by atoms with Gasteiger partial charge in [0.15, 0.2) is 0 Å². The first kappa shape index (κ1) is 17.2. The number of likely N-dealkylation sites (tertiary alicyclic amines) is 1. The van der Waals surface area contributed by atoms with Crippen LogP contribution in [0.1, 0.15) is 34.3 Å². The Morgan fingerprint density at radius 3 is 2.28 bits per heavy atom. The van der Waals surface area contributed by atoms with Crippen molar-refractivity contribution in [3.8, 4) is 0 Å². The Kier molecular flexibility index (Phi) is 5.17. The number of piperidine rings is 1. The quantitative estimate of drug-likeness (QED) is 0.927. The van der Waals surface area contributed by atoms with Crippen LogP contribution in [0.2, 0.25) is 0 Å². The number of aryl methyl sites for hydroxylation is 2. The molecular weight excluding hydrogens is 312 g/mol. The molecule has 1 fully saturated rings. The lowest BCUT2D eigenvalue weighted by Gasteiger charge is -2.31. The maximum absolute atomic E-state index is 12.6. The van der Waals surface area contributed by atoms with Crippen LogP contribution in [0.15, 0.2) is 48.5 Å². The maximum atomic E-state index is 12.6. The summed E-state index contributed by atoms with van der Waals surface area (Å²) in [4.78, 5) is 26.9. The minimum atomic E-state index is -0.0390. The molecule has 0 unspecified atom stereocenters. The molecule has 2 aromatic carbocycles. The summed E-state index contributed by atoms with van der Waals surface area (Å²) < 4.78 is 0. The van der Waals surface area contributed by atoms with Crippen LogP contribution < -0.4 is 5.32 Å². The van der Waals surface area contributed by atoms with Crippen molar-refractivity contribution in [3.63, 3.8) is 0 Å². The summed E-state index contributed by atoms with van der Waals surface area (Å²) in [6.07, 6.45) is 1.41. The van der Waals surface area contributed by atoms with Crippen molar-refractivity contribution in [1.82, 2.24) is 4.90 Å². The number of rotatable bonds is 3. The lowest BCUT2D eigenvalue weighted by Crippen LogP contribution is -2.41. The van der Waals surface area contributed by atoms with Crippen LogP contribution in [-0.4, -0.2) is 29.8 Å². The number of carbonyl (C=O) groups excluding carboxylic acids is 2. The Hall–Kier alpha value is -2.62. The highest BCUT2D eigenvalue weighted by atomic mass is 16.2. The van der Waals surface area contributed by atoms with E-state index in [1.807, 2.05) is 67.3 Å². The van der Waals surface area contributed by atoms with Gasteiger partial charge in [0.1, 0.15) is 0 Å². The summed E-state index contributed by atoms with van der Waals surface area (Å²) in [7, 11) is 0. The van der Waals surface area contributed by atoms with E-state index in [4.69, 9.17) is 0 Å². The monoisotopic (exact) mass is 336 g/mol. The first-order valence-corrected chi connectivity index (χ1v) is 8.76. The van der Waals surface area contributed by atoms with Crippen LogP contribution in [0, 0.1) is 19.8 Å². The highest BCUT2D eigenvalue weighted by Gasteiger charge is 2.27. The number of amides is 2. The summed E-state index contributed by atoms with van der Waals surface area (Å²) in [5.74, 6) is 0.0652. The normalized spacial score (nSPS) is 15.0. The number of nitrogens with one attached hydrogen (secondary N) is 1. The molecule has 0 atom stereocenters. The zero-order valence-electron chi connectivity index (χ0n) is 14.8. The highest BCUT2D eigenvalue weighted by molar-refractivity contribution is 5.95. The molecule has 1 N–H and O–H groups in total. The second-order valence-electron chi connectivity index (χ2n) is 6.79. The molecule has 0 spiro atoms. The summed E-state index contributed by atoms with van der Waals surface area (Å²) in [6, 6.07) is 15.5. The van der Waals surface area contributed by atoms with E-state index in [1.165, 1.54) is 5.56 Å². The van der Waals surface area contributed by atoms with Crippen molar-refractivity contribution in [3.05, 3.63) is 65.2 Å². The van der Waals surface area contributed by atoms with Crippen LogP contribution in [0.25, 0.3) is 0 Å². The first-order chi connectivity index (χ1) is 12.0. The van der Waals surface area contributed by atoms with E-state index in [-0.39, 0.29) is 17.7 Å². The smallest absolute Gasteiger partial charge is 0.253 e. The fraction of sp³-hybridized carbons (Fsp3) is 0.333. The third kappa shape index (κ3) is 4.27. The highest BCUT2D eigenvalue weighted by Crippen LogP contribution is 2.21.